The van der Waals surface area contributed by atoms with Crippen molar-refractivity contribution in [2.45, 2.75) is 19.3 Å². The number of carboxylic acid groups (broad SMARTS) is 1. The number of hydrogen-bond donors (Lipinski definition) is 2. The molecule has 0 spiro atoms. The van der Waals surface area contributed by atoms with Crippen molar-refractivity contribution in [2.75, 3.05) is 13.2 Å². The Balaban J connectivity index is 1.70. The minimum Gasteiger partial charge on any atom is -0.493 e. The summed E-state index contributed by atoms with van der Waals surface area (Å²) in [7, 11) is 0. The fraction of sp³-hybridized carbons (Fsp3) is 0.278. The van der Waals surface area contributed by atoms with Crippen molar-refractivity contribution in [1.29, 1.82) is 0 Å². The van der Waals surface area contributed by atoms with Crippen molar-refractivity contribution in [1.82, 2.24) is 10.3 Å². The van der Waals surface area contributed by atoms with Crippen LogP contribution in [0.5, 0.6) is 5.75 Å². The van der Waals surface area contributed by atoms with Gasteiger partial charge in [0.15, 0.2) is 0 Å². The highest BCUT2D eigenvalue weighted by molar-refractivity contribution is 5.95. The van der Waals surface area contributed by atoms with Gasteiger partial charge < -0.3 is 15.2 Å². The maximum Gasteiger partial charge on any atom is 0.303 e. The predicted molar refractivity (Wildman–Crippen MR) is 88.1 cm³/mol. The summed E-state index contributed by atoms with van der Waals surface area (Å²) >= 11 is 0. The minimum atomic E-state index is -0.867. The molecule has 2 aromatic rings. The van der Waals surface area contributed by atoms with Crippen molar-refractivity contribution in [3.63, 3.8) is 0 Å². The Morgan fingerprint density at radius 3 is 2.92 bits per heavy atom. The van der Waals surface area contributed by atoms with Gasteiger partial charge in [-0.25, -0.2) is 0 Å². The van der Waals surface area contributed by atoms with E-state index in [0.717, 1.165) is 28.9 Å². The number of nitrogens with zero attached hydrogens (tertiary/aromatic N) is 1. The lowest BCUT2D eigenvalue weighted by atomic mass is 10.0. The predicted octanol–water partition coefficient (Wildman–Crippen LogP) is 2.28. The van der Waals surface area contributed by atoms with Crippen LogP contribution in [0.25, 0.3) is 11.1 Å². The fourth-order valence-corrected chi connectivity index (χ4v) is 2.63. The van der Waals surface area contributed by atoms with Crippen molar-refractivity contribution in [3.8, 4) is 16.9 Å². The van der Waals surface area contributed by atoms with E-state index in [4.69, 9.17) is 9.84 Å². The van der Waals surface area contributed by atoms with Gasteiger partial charge >= 0.3 is 5.97 Å². The zero-order valence-corrected chi connectivity index (χ0v) is 13.1. The Kier molecular flexibility index (Phi) is 4.74. The smallest absolute Gasteiger partial charge is 0.303 e. The lowest BCUT2D eigenvalue weighted by Gasteiger charge is -2.07. The number of carboxylic acids is 1. The van der Waals surface area contributed by atoms with Gasteiger partial charge in [0.1, 0.15) is 5.75 Å². The molecular formula is C18H18N2O4. The molecule has 2 N–H and O–H groups in total. The van der Waals surface area contributed by atoms with Crippen LogP contribution in [0.1, 0.15) is 28.8 Å². The number of pyridine rings is 1. The van der Waals surface area contributed by atoms with Crippen LogP contribution in [0.3, 0.4) is 0 Å². The van der Waals surface area contributed by atoms with Crippen molar-refractivity contribution in [2.24, 2.45) is 0 Å². The minimum absolute atomic E-state index is 0.0375. The van der Waals surface area contributed by atoms with Crippen LogP contribution in [0, 0.1) is 0 Å². The van der Waals surface area contributed by atoms with Gasteiger partial charge in [-0.3, -0.25) is 14.6 Å². The topological polar surface area (TPSA) is 88.5 Å². The van der Waals surface area contributed by atoms with E-state index >= 15 is 0 Å². The van der Waals surface area contributed by atoms with Gasteiger partial charge in [0.25, 0.3) is 5.91 Å². The highest BCUT2D eigenvalue weighted by atomic mass is 16.5. The second kappa shape index (κ2) is 7.12. The number of aliphatic carboxylic acids is 1. The summed E-state index contributed by atoms with van der Waals surface area (Å²) in [4.78, 5) is 26.8. The van der Waals surface area contributed by atoms with Crippen LogP contribution in [0.4, 0.5) is 0 Å². The molecule has 6 nitrogen and oxygen atoms in total. The fourth-order valence-electron chi connectivity index (χ4n) is 2.63. The van der Waals surface area contributed by atoms with Crippen molar-refractivity contribution in [3.05, 3.63) is 47.8 Å². The van der Waals surface area contributed by atoms with Crippen molar-refractivity contribution >= 4 is 11.9 Å². The molecule has 0 unspecified atom stereocenters. The van der Waals surface area contributed by atoms with E-state index in [1.165, 1.54) is 6.20 Å². The number of carbonyl (C=O) groups is 2. The lowest BCUT2D eigenvalue weighted by Crippen LogP contribution is -2.25. The molecule has 6 heteroatoms. The molecule has 1 aliphatic rings. The molecule has 0 bridgehead atoms. The standard InChI is InChI=1S/C18H18N2O4/c21-17(22)2-1-6-20-18(23)15-9-14(10-19-11-15)12-3-4-16-13(8-12)5-7-24-16/h3-4,8-11H,1-2,5-7H2,(H,20,23)(H,21,22). The average Bonchev–Trinajstić information content (AvgIpc) is 3.06. The van der Waals surface area contributed by atoms with Crippen LogP contribution in [0.2, 0.25) is 0 Å². The zero-order chi connectivity index (χ0) is 16.9. The van der Waals surface area contributed by atoms with Gasteiger partial charge in [-0.1, -0.05) is 6.07 Å². The molecule has 1 amide bonds. The van der Waals surface area contributed by atoms with Crippen LogP contribution < -0.4 is 10.1 Å². The molecule has 0 saturated carbocycles. The third-order valence-corrected chi connectivity index (χ3v) is 3.88. The highest BCUT2D eigenvalue weighted by Crippen LogP contribution is 2.30. The van der Waals surface area contributed by atoms with Crippen LogP contribution in [-0.4, -0.2) is 35.1 Å². The Morgan fingerprint density at radius 2 is 2.08 bits per heavy atom. The van der Waals surface area contributed by atoms with Crippen LogP contribution >= 0.6 is 0 Å². The second-order valence-corrected chi connectivity index (χ2v) is 5.64. The summed E-state index contributed by atoms with van der Waals surface area (Å²) in [5, 5.41) is 11.3. The number of hydrogen-bond acceptors (Lipinski definition) is 4. The quantitative estimate of drug-likeness (QED) is 0.795. The van der Waals surface area contributed by atoms with Gasteiger partial charge in [0.2, 0.25) is 0 Å². The number of nitrogens with one attached hydrogen (secondary N) is 1. The maximum atomic E-state index is 12.1. The first-order chi connectivity index (χ1) is 11.6. The van der Waals surface area contributed by atoms with Gasteiger partial charge in [0.05, 0.1) is 12.2 Å². The van der Waals surface area contributed by atoms with E-state index in [2.05, 4.69) is 16.4 Å². The SMILES string of the molecule is O=C(O)CCCNC(=O)c1cncc(-c2ccc3c(c2)CCO3)c1. The number of benzene rings is 1. The third-order valence-electron chi connectivity index (χ3n) is 3.88. The normalized spacial score (nSPS) is 12.3. The number of ether oxygens (including phenoxy) is 1. The molecule has 0 atom stereocenters. The number of carbonyl (C=O) groups excluding carboxylic acids is 1. The van der Waals surface area contributed by atoms with E-state index in [-0.39, 0.29) is 12.3 Å². The largest absolute Gasteiger partial charge is 0.493 e. The van der Waals surface area contributed by atoms with Gasteiger partial charge in [-0.15, -0.1) is 0 Å². The number of rotatable bonds is 6. The monoisotopic (exact) mass is 326 g/mol. The van der Waals surface area contributed by atoms with E-state index in [0.29, 0.717) is 25.1 Å². The van der Waals surface area contributed by atoms with E-state index in [9.17, 15) is 9.59 Å². The van der Waals surface area contributed by atoms with Gasteiger partial charge in [-0.2, -0.15) is 0 Å². The molecule has 0 radical (unpaired) electrons. The number of aromatic nitrogens is 1. The molecule has 1 aromatic carbocycles. The molecular weight excluding hydrogens is 308 g/mol. The Labute approximate surface area is 139 Å². The first-order valence-corrected chi connectivity index (χ1v) is 7.84. The van der Waals surface area contributed by atoms with E-state index in [1.54, 1.807) is 12.3 Å². The van der Waals surface area contributed by atoms with E-state index < -0.39 is 5.97 Å². The Bertz CT molecular complexity index is 773. The molecule has 0 aliphatic carbocycles. The first kappa shape index (κ1) is 16.0. The summed E-state index contributed by atoms with van der Waals surface area (Å²) in [6.07, 6.45) is 4.56. The average molecular weight is 326 g/mol. The van der Waals surface area contributed by atoms with Gasteiger partial charge in [-0.05, 0) is 35.7 Å². The summed E-state index contributed by atoms with van der Waals surface area (Å²) < 4.78 is 5.50. The summed E-state index contributed by atoms with van der Waals surface area (Å²) in [6.45, 7) is 1.03. The molecule has 124 valence electrons. The molecule has 1 aliphatic heterocycles. The Morgan fingerprint density at radius 1 is 1.21 bits per heavy atom. The summed E-state index contributed by atoms with van der Waals surface area (Å²) in [6, 6.07) is 7.75. The van der Waals surface area contributed by atoms with Gasteiger partial charge in [0, 0.05) is 37.3 Å². The van der Waals surface area contributed by atoms with E-state index in [1.807, 2.05) is 12.1 Å². The zero-order valence-electron chi connectivity index (χ0n) is 13.1. The second-order valence-electron chi connectivity index (χ2n) is 5.64. The summed E-state index contributed by atoms with van der Waals surface area (Å²) in [5.74, 6) is -0.202. The number of amides is 1. The molecule has 2 heterocycles. The first-order valence-electron chi connectivity index (χ1n) is 7.84. The lowest BCUT2D eigenvalue weighted by molar-refractivity contribution is -0.137. The van der Waals surface area contributed by atoms with Crippen LogP contribution in [0.15, 0.2) is 36.7 Å². The van der Waals surface area contributed by atoms with Crippen LogP contribution in [-0.2, 0) is 11.2 Å². The molecule has 24 heavy (non-hydrogen) atoms. The third kappa shape index (κ3) is 3.71. The molecule has 3 rings (SSSR count). The highest BCUT2D eigenvalue weighted by Gasteiger charge is 2.14. The Hall–Kier alpha value is -2.89. The molecule has 0 fully saturated rings. The number of fused-ring (bicyclic) bond motifs is 1. The van der Waals surface area contributed by atoms with Crippen molar-refractivity contribution < 1.29 is 19.4 Å². The summed E-state index contributed by atoms with van der Waals surface area (Å²) in [5.41, 5.74) is 3.48. The molecule has 1 aromatic heterocycles. The maximum absolute atomic E-state index is 12.1. The molecule has 0 saturated heterocycles.